The molecule has 3 rings (SSSR count). The van der Waals surface area contributed by atoms with Crippen molar-refractivity contribution in [3.8, 4) is 0 Å². The molecule has 3 aromatic rings. The zero-order valence-corrected chi connectivity index (χ0v) is 12.2. The van der Waals surface area contributed by atoms with Crippen LogP contribution in [0.2, 0.25) is 5.15 Å². The fourth-order valence-corrected chi connectivity index (χ4v) is 3.40. The first-order valence-electron chi connectivity index (χ1n) is 5.40. The maximum absolute atomic E-state index is 12.2. The van der Waals surface area contributed by atoms with Gasteiger partial charge in [-0.15, -0.1) is 22.7 Å². The highest BCUT2D eigenvalue weighted by Gasteiger charge is 2.16. The van der Waals surface area contributed by atoms with Crippen molar-refractivity contribution in [1.82, 2.24) is 14.4 Å². The predicted octanol–water partition coefficient (Wildman–Crippen LogP) is 3.71. The van der Waals surface area contributed by atoms with Crippen molar-refractivity contribution < 1.29 is 4.79 Å². The van der Waals surface area contributed by atoms with Crippen LogP contribution >= 0.6 is 34.3 Å². The van der Waals surface area contributed by atoms with Gasteiger partial charge in [0, 0.05) is 16.5 Å². The number of allylic oxidation sites excluding steroid dienone is 1. The van der Waals surface area contributed by atoms with E-state index < -0.39 is 0 Å². The molecule has 0 bridgehead atoms. The highest BCUT2D eigenvalue weighted by Crippen LogP contribution is 2.22. The quantitative estimate of drug-likeness (QED) is 0.547. The van der Waals surface area contributed by atoms with Crippen LogP contribution in [-0.4, -0.2) is 20.2 Å². The molecule has 0 aliphatic rings. The van der Waals surface area contributed by atoms with Gasteiger partial charge in [0.05, 0.1) is 11.2 Å². The zero-order valence-electron chi connectivity index (χ0n) is 9.83. The second kappa shape index (κ2) is 4.88. The van der Waals surface area contributed by atoms with Crippen molar-refractivity contribution in [2.24, 2.45) is 0 Å². The average molecular weight is 310 g/mol. The van der Waals surface area contributed by atoms with E-state index in [2.05, 4.69) is 9.97 Å². The van der Waals surface area contributed by atoms with Crippen molar-refractivity contribution in [3.63, 3.8) is 0 Å². The molecule has 19 heavy (non-hydrogen) atoms. The highest BCUT2D eigenvalue weighted by molar-refractivity contribution is 7.15. The highest BCUT2D eigenvalue weighted by atomic mass is 35.5. The monoisotopic (exact) mass is 309 g/mol. The van der Waals surface area contributed by atoms with E-state index in [0.29, 0.717) is 5.69 Å². The third-order valence-corrected chi connectivity index (χ3v) is 4.54. The summed E-state index contributed by atoms with van der Waals surface area (Å²) in [7, 11) is 0. The molecule has 3 heterocycles. The number of fused-ring (bicyclic) bond motifs is 1. The average Bonchev–Trinajstić information content (AvgIpc) is 3.02. The van der Waals surface area contributed by atoms with E-state index in [1.54, 1.807) is 22.2 Å². The van der Waals surface area contributed by atoms with Crippen LogP contribution in [0.5, 0.6) is 0 Å². The molecule has 0 aromatic carbocycles. The first kappa shape index (κ1) is 12.5. The Morgan fingerprint density at radius 2 is 2.32 bits per heavy atom. The van der Waals surface area contributed by atoms with E-state index in [1.807, 2.05) is 12.3 Å². The van der Waals surface area contributed by atoms with Crippen LogP contribution in [0.1, 0.15) is 21.1 Å². The minimum absolute atomic E-state index is 0.163. The third-order valence-electron chi connectivity index (χ3n) is 2.62. The van der Waals surface area contributed by atoms with Gasteiger partial charge >= 0.3 is 0 Å². The number of nitrogens with zero attached hydrogens (tertiary/aromatic N) is 3. The molecule has 0 unspecified atom stereocenters. The molecule has 7 heteroatoms. The van der Waals surface area contributed by atoms with Crippen LogP contribution in [0.3, 0.4) is 0 Å². The number of imidazole rings is 1. The molecule has 0 amide bonds. The molecular weight excluding hydrogens is 302 g/mol. The summed E-state index contributed by atoms with van der Waals surface area (Å²) in [5.41, 5.74) is 3.06. The molecule has 0 aliphatic heterocycles. The largest absolute Gasteiger partial charge is 0.287 e. The smallest absolute Gasteiger partial charge is 0.205 e. The number of hydrogen-bond acceptors (Lipinski definition) is 5. The molecule has 0 N–H and O–H groups in total. The van der Waals surface area contributed by atoms with E-state index in [-0.39, 0.29) is 10.9 Å². The third kappa shape index (κ3) is 2.22. The van der Waals surface area contributed by atoms with Crippen molar-refractivity contribution in [2.75, 3.05) is 0 Å². The lowest BCUT2D eigenvalue weighted by Crippen LogP contribution is -1.99. The summed E-state index contributed by atoms with van der Waals surface area (Å²) in [6, 6.07) is 0. The second-order valence-electron chi connectivity index (χ2n) is 3.81. The van der Waals surface area contributed by atoms with Gasteiger partial charge in [-0.25, -0.2) is 9.97 Å². The summed E-state index contributed by atoms with van der Waals surface area (Å²) in [4.78, 5) is 22.2. The number of rotatable bonds is 3. The Labute approximate surface area is 122 Å². The van der Waals surface area contributed by atoms with E-state index in [9.17, 15) is 4.79 Å². The normalized spacial score (nSPS) is 11.7. The van der Waals surface area contributed by atoms with Crippen LogP contribution in [0, 0.1) is 6.92 Å². The SMILES string of the molecule is Cc1ncsc1C=CC(=O)c1c(Cl)nc2sccn12. The van der Waals surface area contributed by atoms with Gasteiger partial charge in [0.25, 0.3) is 0 Å². The number of carbonyl (C=O) groups is 1. The van der Waals surface area contributed by atoms with Crippen molar-refractivity contribution >= 4 is 51.1 Å². The van der Waals surface area contributed by atoms with Gasteiger partial charge in [-0.05, 0) is 19.1 Å². The molecule has 0 spiro atoms. The van der Waals surface area contributed by atoms with Crippen LogP contribution in [0.15, 0.2) is 23.2 Å². The summed E-state index contributed by atoms with van der Waals surface area (Å²) in [5, 5.41) is 2.11. The van der Waals surface area contributed by atoms with Crippen molar-refractivity contribution in [3.05, 3.63) is 44.6 Å². The Balaban J connectivity index is 1.96. The number of ketones is 1. The van der Waals surface area contributed by atoms with Gasteiger partial charge in [0.1, 0.15) is 5.69 Å². The molecule has 0 atom stereocenters. The van der Waals surface area contributed by atoms with Gasteiger partial charge in [0.15, 0.2) is 10.1 Å². The number of thiazole rings is 2. The van der Waals surface area contributed by atoms with Gasteiger partial charge in [0.2, 0.25) is 5.78 Å². The summed E-state index contributed by atoms with van der Waals surface area (Å²) in [6.45, 7) is 1.91. The first-order valence-corrected chi connectivity index (χ1v) is 7.54. The Bertz CT molecular complexity index is 784. The molecular formula is C12H8ClN3OS2. The molecule has 96 valence electrons. The van der Waals surface area contributed by atoms with Gasteiger partial charge < -0.3 is 0 Å². The summed E-state index contributed by atoms with van der Waals surface area (Å²) in [5.74, 6) is -0.163. The van der Waals surface area contributed by atoms with Crippen LogP contribution in [0.25, 0.3) is 11.0 Å². The Kier molecular flexibility index (Phi) is 3.22. The molecule has 0 saturated carbocycles. The summed E-state index contributed by atoms with van der Waals surface area (Å²) < 4.78 is 1.71. The van der Waals surface area contributed by atoms with Crippen molar-refractivity contribution in [2.45, 2.75) is 6.92 Å². The maximum Gasteiger partial charge on any atom is 0.205 e. The van der Waals surface area contributed by atoms with Crippen LogP contribution < -0.4 is 0 Å². The lowest BCUT2D eigenvalue weighted by atomic mass is 10.2. The van der Waals surface area contributed by atoms with Crippen LogP contribution in [-0.2, 0) is 0 Å². The second-order valence-corrected chi connectivity index (χ2v) is 5.92. The number of halogens is 1. The van der Waals surface area contributed by atoms with E-state index in [0.717, 1.165) is 15.5 Å². The zero-order chi connectivity index (χ0) is 13.4. The van der Waals surface area contributed by atoms with Crippen molar-refractivity contribution in [1.29, 1.82) is 0 Å². The fraction of sp³-hybridized carbons (Fsp3) is 0.0833. The molecule has 3 aromatic heterocycles. The summed E-state index contributed by atoms with van der Waals surface area (Å²) in [6.07, 6.45) is 5.06. The number of aryl methyl sites for hydroxylation is 1. The molecule has 4 nitrogen and oxygen atoms in total. The Morgan fingerprint density at radius 1 is 1.47 bits per heavy atom. The number of carbonyl (C=O) groups excluding carboxylic acids is 1. The van der Waals surface area contributed by atoms with E-state index in [1.165, 1.54) is 28.7 Å². The standard InChI is InChI=1S/C12H8ClN3OS2/c1-7-9(19-6-14-7)3-2-8(17)10-11(13)15-12-16(10)4-5-18-12/h2-6H,1H3. The van der Waals surface area contributed by atoms with E-state index in [4.69, 9.17) is 11.6 Å². The molecule has 0 fully saturated rings. The van der Waals surface area contributed by atoms with E-state index >= 15 is 0 Å². The predicted molar refractivity (Wildman–Crippen MR) is 78.3 cm³/mol. The minimum atomic E-state index is -0.163. The van der Waals surface area contributed by atoms with Gasteiger partial charge in [-0.1, -0.05) is 11.6 Å². The van der Waals surface area contributed by atoms with Crippen LogP contribution in [0.4, 0.5) is 0 Å². The summed E-state index contributed by atoms with van der Waals surface area (Å²) >= 11 is 8.94. The number of aromatic nitrogens is 3. The molecule has 0 radical (unpaired) electrons. The molecule has 0 saturated heterocycles. The maximum atomic E-state index is 12.2. The fourth-order valence-electron chi connectivity index (χ4n) is 1.68. The minimum Gasteiger partial charge on any atom is -0.287 e. The lowest BCUT2D eigenvalue weighted by Gasteiger charge is -1.94. The first-order chi connectivity index (χ1) is 9.16. The number of hydrogen-bond donors (Lipinski definition) is 0. The molecule has 0 aliphatic carbocycles. The Morgan fingerprint density at radius 3 is 3.05 bits per heavy atom. The Hall–Kier alpha value is -1.50. The lowest BCUT2D eigenvalue weighted by molar-refractivity contribution is 0.104. The van der Waals surface area contributed by atoms with Gasteiger partial charge in [-0.2, -0.15) is 0 Å². The van der Waals surface area contributed by atoms with Gasteiger partial charge in [-0.3, -0.25) is 9.20 Å². The topological polar surface area (TPSA) is 47.3 Å².